The van der Waals surface area contributed by atoms with Crippen molar-refractivity contribution in [3.05, 3.63) is 0 Å². The van der Waals surface area contributed by atoms with Gasteiger partial charge in [0.25, 0.3) is 0 Å². The molecule has 4 heteroatoms. The monoisotopic (exact) mass is 225 g/mol. The molecule has 0 saturated carbocycles. The highest BCUT2D eigenvalue weighted by atomic mass is 16.2. The van der Waals surface area contributed by atoms with Crippen LogP contribution in [0.3, 0.4) is 0 Å². The number of hydrogen-bond acceptors (Lipinski definition) is 3. The van der Waals surface area contributed by atoms with Gasteiger partial charge in [-0.1, -0.05) is 6.92 Å². The molecule has 2 fully saturated rings. The molecule has 4 nitrogen and oxygen atoms in total. The molecule has 0 aromatic heterocycles. The van der Waals surface area contributed by atoms with Crippen LogP contribution in [0.15, 0.2) is 0 Å². The van der Waals surface area contributed by atoms with Crippen molar-refractivity contribution in [1.82, 2.24) is 15.1 Å². The second-order valence-corrected chi connectivity index (χ2v) is 4.88. The normalized spacial score (nSPS) is 32.4. The minimum atomic E-state index is 0.00484. The topological polar surface area (TPSA) is 35.6 Å². The van der Waals surface area contributed by atoms with E-state index in [1.165, 1.54) is 19.4 Å². The second kappa shape index (κ2) is 5.15. The van der Waals surface area contributed by atoms with Crippen LogP contribution in [0.1, 0.15) is 26.7 Å². The van der Waals surface area contributed by atoms with Crippen LogP contribution in [0.5, 0.6) is 0 Å². The molecule has 1 amide bonds. The fraction of sp³-hybridized carbons (Fsp3) is 0.917. The molecule has 2 rings (SSSR count). The highest BCUT2D eigenvalue weighted by Crippen LogP contribution is 2.18. The van der Waals surface area contributed by atoms with Gasteiger partial charge >= 0.3 is 0 Å². The van der Waals surface area contributed by atoms with E-state index in [0.717, 1.165) is 26.2 Å². The van der Waals surface area contributed by atoms with Crippen molar-refractivity contribution < 1.29 is 4.79 Å². The Balaban J connectivity index is 1.90. The molecule has 0 aliphatic carbocycles. The molecule has 2 aliphatic heterocycles. The van der Waals surface area contributed by atoms with Crippen LogP contribution in [-0.2, 0) is 4.79 Å². The second-order valence-electron chi connectivity index (χ2n) is 4.88. The van der Waals surface area contributed by atoms with Crippen LogP contribution < -0.4 is 5.32 Å². The number of piperazine rings is 1. The first-order valence-corrected chi connectivity index (χ1v) is 6.48. The van der Waals surface area contributed by atoms with Gasteiger partial charge in [0, 0.05) is 25.7 Å². The van der Waals surface area contributed by atoms with Crippen molar-refractivity contribution in [3.8, 4) is 0 Å². The van der Waals surface area contributed by atoms with Gasteiger partial charge in [0.2, 0.25) is 5.91 Å². The van der Waals surface area contributed by atoms with Crippen molar-refractivity contribution in [2.24, 2.45) is 0 Å². The van der Waals surface area contributed by atoms with E-state index in [0.29, 0.717) is 6.04 Å². The Morgan fingerprint density at radius 3 is 3.00 bits per heavy atom. The third-order valence-electron chi connectivity index (χ3n) is 3.85. The third kappa shape index (κ3) is 2.38. The smallest absolute Gasteiger partial charge is 0.239 e. The number of likely N-dealkylation sites (N-methyl/N-ethyl adjacent to an activating group) is 1. The van der Waals surface area contributed by atoms with E-state index in [1.54, 1.807) is 0 Å². The largest absolute Gasteiger partial charge is 0.339 e. The van der Waals surface area contributed by atoms with Gasteiger partial charge in [-0.25, -0.2) is 0 Å². The van der Waals surface area contributed by atoms with Gasteiger partial charge in [0.1, 0.15) is 0 Å². The van der Waals surface area contributed by atoms with E-state index in [-0.39, 0.29) is 11.9 Å². The first kappa shape index (κ1) is 11.9. The summed E-state index contributed by atoms with van der Waals surface area (Å²) >= 11 is 0. The van der Waals surface area contributed by atoms with E-state index in [4.69, 9.17) is 0 Å². The van der Waals surface area contributed by atoms with Crippen LogP contribution in [0.2, 0.25) is 0 Å². The molecule has 2 aliphatic rings. The fourth-order valence-corrected chi connectivity index (χ4v) is 2.84. The molecule has 0 bridgehead atoms. The standard InChI is InChI=1S/C12H23N3O/c1-3-14-7-4-5-11(14)9-15-8-6-13-10(2)12(15)16/h10-11,13H,3-9H2,1-2H3. The molecule has 2 saturated heterocycles. The summed E-state index contributed by atoms with van der Waals surface area (Å²) in [6, 6.07) is 0.601. The van der Waals surface area contributed by atoms with Gasteiger partial charge in [0.05, 0.1) is 6.04 Å². The number of likely N-dealkylation sites (tertiary alicyclic amines) is 1. The SMILES string of the molecule is CCN1CCCC1CN1CCNC(C)C1=O. The molecule has 0 aromatic rings. The number of carbonyl (C=O) groups is 1. The molecule has 2 atom stereocenters. The summed E-state index contributed by atoms with van der Waals surface area (Å²) in [5.41, 5.74) is 0. The molecule has 0 aromatic carbocycles. The molecule has 0 spiro atoms. The average Bonchev–Trinajstić information content (AvgIpc) is 2.72. The maximum Gasteiger partial charge on any atom is 0.239 e. The Bertz CT molecular complexity index is 257. The number of nitrogens with zero attached hydrogens (tertiary/aromatic N) is 2. The molecule has 92 valence electrons. The minimum Gasteiger partial charge on any atom is -0.339 e. The number of carbonyl (C=O) groups excluding carboxylic acids is 1. The molecule has 2 unspecified atom stereocenters. The van der Waals surface area contributed by atoms with E-state index < -0.39 is 0 Å². The zero-order valence-corrected chi connectivity index (χ0v) is 10.4. The van der Waals surface area contributed by atoms with Gasteiger partial charge in [-0.05, 0) is 32.9 Å². The highest BCUT2D eigenvalue weighted by Gasteiger charge is 2.30. The first-order valence-electron chi connectivity index (χ1n) is 6.48. The van der Waals surface area contributed by atoms with Crippen LogP contribution in [-0.4, -0.2) is 60.5 Å². The molecular formula is C12H23N3O. The Kier molecular flexibility index (Phi) is 3.82. The molecule has 2 heterocycles. The lowest BCUT2D eigenvalue weighted by Crippen LogP contribution is -2.56. The zero-order chi connectivity index (χ0) is 11.5. The van der Waals surface area contributed by atoms with Crippen molar-refractivity contribution in [2.45, 2.75) is 38.8 Å². The first-order chi connectivity index (χ1) is 7.72. The highest BCUT2D eigenvalue weighted by molar-refractivity contribution is 5.82. The summed E-state index contributed by atoms with van der Waals surface area (Å²) in [6.45, 7) is 9.22. The van der Waals surface area contributed by atoms with E-state index in [9.17, 15) is 4.79 Å². The number of hydrogen-bond donors (Lipinski definition) is 1. The van der Waals surface area contributed by atoms with E-state index in [1.807, 2.05) is 11.8 Å². The third-order valence-corrected chi connectivity index (χ3v) is 3.85. The Labute approximate surface area is 98.0 Å². The summed E-state index contributed by atoms with van der Waals surface area (Å²) in [5, 5.41) is 3.21. The summed E-state index contributed by atoms with van der Waals surface area (Å²) < 4.78 is 0. The molecule has 16 heavy (non-hydrogen) atoms. The minimum absolute atomic E-state index is 0.00484. The fourth-order valence-electron chi connectivity index (χ4n) is 2.84. The maximum atomic E-state index is 12.0. The Morgan fingerprint density at radius 2 is 2.25 bits per heavy atom. The molecule has 0 radical (unpaired) electrons. The van der Waals surface area contributed by atoms with Gasteiger partial charge < -0.3 is 10.2 Å². The Morgan fingerprint density at radius 1 is 1.44 bits per heavy atom. The van der Waals surface area contributed by atoms with Crippen LogP contribution in [0.4, 0.5) is 0 Å². The summed E-state index contributed by atoms with van der Waals surface area (Å²) in [7, 11) is 0. The average molecular weight is 225 g/mol. The lowest BCUT2D eigenvalue weighted by atomic mass is 10.1. The van der Waals surface area contributed by atoms with Crippen molar-refractivity contribution in [2.75, 3.05) is 32.7 Å². The van der Waals surface area contributed by atoms with Gasteiger partial charge in [-0.3, -0.25) is 9.69 Å². The van der Waals surface area contributed by atoms with Crippen LogP contribution in [0, 0.1) is 0 Å². The molecular weight excluding hydrogens is 202 g/mol. The van der Waals surface area contributed by atoms with Crippen LogP contribution in [0.25, 0.3) is 0 Å². The lowest BCUT2D eigenvalue weighted by molar-refractivity contribution is -0.135. The number of nitrogens with one attached hydrogen (secondary N) is 1. The lowest BCUT2D eigenvalue weighted by Gasteiger charge is -2.35. The predicted octanol–water partition coefficient (Wildman–Crippen LogP) is 0.291. The number of rotatable bonds is 3. The summed E-state index contributed by atoms with van der Waals surface area (Å²) in [4.78, 5) is 16.5. The summed E-state index contributed by atoms with van der Waals surface area (Å²) in [6.07, 6.45) is 2.54. The van der Waals surface area contributed by atoms with Crippen molar-refractivity contribution in [1.29, 1.82) is 0 Å². The van der Waals surface area contributed by atoms with Crippen molar-refractivity contribution in [3.63, 3.8) is 0 Å². The maximum absolute atomic E-state index is 12.0. The zero-order valence-electron chi connectivity index (χ0n) is 10.4. The predicted molar refractivity (Wildman–Crippen MR) is 64.3 cm³/mol. The Hall–Kier alpha value is -0.610. The van der Waals surface area contributed by atoms with Crippen molar-refractivity contribution >= 4 is 5.91 Å². The quantitative estimate of drug-likeness (QED) is 0.750. The van der Waals surface area contributed by atoms with Gasteiger partial charge in [0.15, 0.2) is 0 Å². The summed E-state index contributed by atoms with van der Waals surface area (Å²) in [5.74, 6) is 0.272. The number of amides is 1. The molecule has 1 N–H and O–H groups in total. The van der Waals surface area contributed by atoms with E-state index in [2.05, 4.69) is 17.1 Å². The van der Waals surface area contributed by atoms with E-state index >= 15 is 0 Å². The van der Waals surface area contributed by atoms with Gasteiger partial charge in [-0.15, -0.1) is 0 Å². The van der Waals surface area contributed by atoms with Crippen LogP contribution >= 0.6 is 0 Å². The van der Waals surface area contributed by atoms with Gasteiger partial charge in [-0.2, -0.15) is 0 Å².